The van der Waals surface area contributed by atoms with Crippen molar-refractivity contribution in [3.8, 4) is 0 Å². The van der Waals surface area contributed by atoms with Gasteiger partial charge >= 0.3 is 0 Å². The number of hydrogen-bond acceptors (Lipinski definition) is 3. The van der Waals surface area contributed by atoms with Crippen LogP contribution in [-0.2, 0) is 15.6 Å². The summed E-state index contributed by atoms with van der Waals surface area (Å²) in [5.41, 5.74) is 0.167. The lowest BCUT2D eigenvalue weighted by Gasteiger charge is -2.34. The summed E-state index contributed by atoms with van der Waals surface area (Å²) in [6.45, 7) is 3.92. The largest absolute Gasteiger partial charge is 0.343 e. The van der Waals surface area contributed by atoms with Gasteiger partial charge in [-0.3, -0.25) is 9.52 Å². The molecule has 0 bridgehead atoms. The van der Waals surface area contributed by atoms with Gasteiger partial charge in [0.15, 0.2) is 0 Å². The molecule has 5 nitrogen and oxygen atoms in total. The third-order valence-electron chi connectivity index (χ3n) is 4.48. The van der Waals surface area contributed by atoms with Crippen molar-refractivity contribution in [2.45, 2.75) is 32.2 Å². The maximum atomic E-state index is 13.9. The summed E-state index contributed by atoms with van der Waals surface area (Å²) in [4.78, 5) is 12.8. The standard InChI is InChI=1S/C19H22ClFN2O3S/c1-4-19(5-2,14-7-9-15(20)10-8-14)22-18(24)13-6-11-16(21)17(12-13)23-27(3,25)26/h6-12,23H,4-5H2,1-3H3,(H,22,24). The Morgan fingerprint density at radius 3 is 2.22 bits per heavy atom. The first-order chi connectivity index (χ1) is 12.6. The van der Waals surface area contributed by atoms with E-state index in [-0.39, 0.29) is 11.3 Å². The van der Waals surface area contributed by atoms with Crippen LogP contribution >= 0.6 is 11.6 Å². The zero-order valence-corrected chi connectivity index (χ0v) is 16.9. The van der Waals surface area contributed by atoms with Crippen LogP contribution in [0.15, 0.2) is 42.5 Å². The minimum absolute atomic E-state index is 0.155. The van der Waals surface area contributed by atoms with E-state index in [1.165, 1.54) is 12.1 Å². The summed E-state index contributed by atoms with van der Waals surface area (Å²) in [6.07, 6.45) is 2.18. The quantitative estimate of drug-likeness (QED) is 0.712. The van der Waals surface area contributed by atoms with E-state index in [4.69, 9.17) is 11.6 Å². The van der Waals surface area contributed by atoms with Crippen molar-refractivity contribution in [1.29, 1.82) is 0 Å². The molecule has 2 aromatic carbocycles. The van der Waals surface area contributed by atoms with Gasteiger partial charge in [-0.25, -0.2) is 12.8 Å². The number of carbonyl (C=O) groups excluding carboxylic acids is 1. The van der Waals surface area contributed by atoms with Crippen molar-refractivity contribution in [3.63, 3.8) is 0 Å². The highest BCUT2D eigenvalue weighted by Gasteiger charge is 2.30. The Hall–Kier alpha value is -2.12. The number of rotatable bonds is 7. The Morgan fingerprint density at radius 1 is 1.11 bits per heavy atom. The molecular weight excluding hydrogens is 391 g/mol. The van der Waals surface area contributed by atoms with Crippen molar-refractivity contribution in [3.05, 3.63) is 64.4 Å². The van der Waals surface area contributed by atoms with Crippen LogP contribution in [0.5, 0.6) is 0 Å². The van der Waals surface area contributed by atoms with Gasteiger partial charge in [0.1, 0.15) is 5.82 Å². The van der Waals surface area contributed by atoms with Crippen molar-refractivity contribution in [1.82, 2.24) is 5.32 Å². The van der Waals surface area contributed by atoms with Crippen molar-refractivity contribution in [2.24, 2.45) is 0 Å². The zero-order chi connectivity index (χ0) is 20.2. The third-order valence-corrected chi connectivity index (χ3v) is 5.32. The van der Waals surface area contributed by atoms with Gasteiger partial charge in [0.2, 0.25) is 10.0 Å². The molecule has 0 saturated carbocycles. The highest BCUT2D eigenvalue weighted by molar-refractivity contribution is 7.92. The molecule has 0 aromatic heterocycles. The van der Waals surface area contributed by atoms with Crippen LogP contribution in [0.3, 0.4) is 0 Å². The molecule has 0 aliphatic heterocycles. The summed E-state index contributed by atoms with van der Waals surface area (Å²) in [5.74, 6) is -1.18. The van der Waals surface area contributed by atoms with Crippen LogP contribution < -0.4 is 10.0 Å². The van der Waals surface area contributed by atoms with Gasteiger partial charge in [0, 0.05) is 10.6 Å². The second-order valence-electron chi connectivity index (χ2n) is 6.32. The van der Waals surface area contributed by atoms with Crippen LogP contribution in [0.2, 0.25) is 5.02 Å². The molecule has 27 heavy (non-hydrogen) atoms. The molecule has 0 heterocycles. The molecule has 0 saturated heterocycles. The van der Waals surface area contributed by atoms with Crippen molar-refractivity contribution >= 4 is 33.2 Å². The summed E-state index contributed by atoms with van der Waals surface area (Å²) in [6, 6.07) is 10.8. The van der Waals surface area contributed by atoms with Gasteiger partial charge in [0.25, 0.3) is 5.91 Å². The molecule has 8 heteroatoms. The number of sulfonamides is 1. The highest BCUT2D eigenvalue weighted by Crippen LogP contribution is 2.30. The molecule has 2 aromatic rings. The number of carbonyl (C=O) groups is 1. The van der Waals surface area contributed by atoms with Gasteiger partial charge in [0.05, 0.1) is 17.5 Å². The third kappa shape index (κ3) is 5.20. The predicted octanol–water partition coefficient (Wildman–Crippen LogP) is 4.30. The number of amides is 1. The van der Waals surface area contributed by atoms with E-state index < -0.39 is 27.3 Å². The predicted molar refractivity (Wildman–Crippen MR) is 106 cm³/mol. The molecule has 0 fully saturated rings. The maximum absolute atomic E-state index is 13.9. The second kappa shape index (κ2) is 8.27. The van der Waals surface area contributed by atoms with Crippen molar-refractivity contribution in [2.75, 3.05) is 11.0 Å². The van der Waals surface area contributed by atoms with E-state index >= 15 is 0 Å². The molecule has 1 amide bonds. The fraction of sp³-hybridized carbons (Fsp3) is 0.316. The van der Waals surface area contributed by atoms with E-state index in [1.54, 1.807) is 12.1 Å². The maximum Gasteiger partial charge on any atom is 0.252 e. The summed E-state index contributed by atoms with van der Waals surface area (Å²) in [5, 5.41) is 3.61. The van der Waals surface area contributed by atoms with E-state index in [9.17, 15) is 17.6 Å². The van der Waals surface area contributed by atoms with Gasteiger partial charge in [-0.2, -0.15) is 0 Å². The summed E-state index contributed by atoms with van der Waals surface area (Å²) < 4.78 is 38.7. The number of nitrogens with one attached hydrogen (secondary N) is 2. The van der Waals surface area contributed by atoms with Crippen LogP contribution in [0.4, 0.5) is 10.1 Å². The Bertz CT molecular complexity index is 926. The fourth-order valence-corrected chi connectivity index (χ4v) is 3.59. The number of benzene rings is 2. The smallest absolute Gasteiger partial charge is 0.252 e. The van der Waals surface area contributed by atoms with Crippen LogP contribution in [0.1, 0.15) is 42.6 Å². The lowest BCUT2D eigenvalue weighted by atomic mass is 9.84. The van der Waals surface area contributed by atoms with Gasteiger partial charge in [-0.1, -0.05) is 37.6 Å². The molecule has 2 rings (SSSR count). The Morgan fingerprint density at radius 2 is 1.70 bits per heavy atom. The summed E-state index contributed by atoms with van der Waals surface area (Å²) in [7, 11) is -3.67. The van der Waals surface area contributed by atoms with E-state index in [1.807, 2.05) is 26.0 Å². The molecule has 0 spiro atoms. The van der Waals surface area contributed by atoms with Crippen LogP contribution in [0, 0.1) is 5.82 Å². The second-order valence-corrected chi connectivity index (χ2v) is 8.50. The SMILES string of the molecule is CCC(CC)(NC(=O)c1ccc(F)c(NS(C)(=O)=O)c1)c1ccc(Cl)cc1. The molecule has 0 aliphatic rings. The monoisotopic (exact) mass is 412 g/mol. The van der Waals surface area contributed by atoms with Gasteiger partial charge in [-0.05, 0) is 48.7 Å². The van der Waals surface area contributed by atoms with Crippen molar-refractivity contribution < 1.29 is 17.6 Å². The molecular formula is C19H22ClFN2O3S. The van der Waals surface area contributed by atoms with Crippen LogP contribution in [0.25, 0.3) is 0 Å². The molecule has 2 N–H and O–H groups in total. The zero-order valence-electron chi connectivity index (χ0n) is 15.3. The first-order valence-corrected chi connectivity index (χ1v) is 10.7. The topological polar surface area (TPSA) is 75.3 Å². The van der Waals surface area contributed by atoms with E-state index in [0.717, 1.165) is 17.9 Å². The molecule has 0 aliphatic carbocycles. The van der Waals surface area contributed by atoms with Crippen LogP contribution in [-0.4, -0.2) is 20.6 Å². The highest BCUT2D eigenvalue weighted by atomic mass is 35.5. The Labute approximate surface area is 164 Å². The van der Waals surface area contributed by atoms with Gasteiger partial charge in [-0.15, -0.1) is 0 Å². The average molecular weight is 413 g/mol. The Balaban J connectivity index is 2.36. The molecule has 0 radical (unpaired) electrons. The average Bonchev–Trinajstić information content (AvgIpc) is 2.61. The lowest BCUT2D eigenvalue weighted by molar-refractivity contribution is 0.0889. The van der Waals surface area contributed by atoms with Gasteiger partial charge < -0.3 is 5.32 Å². The number of halogens is 2. The van der Waals surface area contributed by atoms with E-state index in [0.29, 0.717) is 17.9 Å². The first kappa shape index (κ1) is 21.2. The molecule has 0 atom stereocenters. The van der Waals surface area contributed by atoms with E-state index in [2.05, 4.69) is 10.0 Å². The first-order valence-electron chi connectivity index (χ1n) is 8.46. The number of hydrogen-bond donors (Lipinski definition) is 2. The fourth-order valence-electron chi connectivity index (χ4n) is 2.91. The minimum atomic E-state index is -3.67. The minimum Gasteiger partial charge on any atom is -0.343 e. The normalized spacial score (nSPS) is 11.9. The summed E-state index contributed by atoms with van der Waals surface area (Å²) >= 11 is 5.96. The Kier molecular flexibility index (Phi) is 6.49. The lowest BCUT2D eigenvalue weighted by Crippen LogP contribution is -2.45. The molecule has 146 valence electrons. The number of anilines is 1. The molecule has 0 unspecified atom stereocenters.